The van der Waals surface area contributed by atoms with Gasteiger partial charge in [0.05, 0.1) is 23.6 Å². The van der Waals surface area contributed by atoms with Gasteiger partial charge in [-0.05, 0) is 67.8 Å². The molecule has 1 atom stereocenters. The molecule has 0 radical (unpaired) electrons. The van der Waals surface area contributed by atoms with Gasteiger partial charge in [-0.15, -0.1) is 5.10 Å². The zero-order chi connectivity index (χ0) is 29.5. The number of halogens is 1. The molecule has 2 N–H and O–H groups in total. The van der Waals surface area contributed by atoms with Crippen LogP contribution in [0, 0.1) is 12.7 Å². The van der Waals surface area contributed by atoms with E-state index in [1.54, 1.807) is 34.6 Å². The maximum Gasteiger partial charge on any atom is 0.255 e. The van der Waals surface area contributed by atoms with Crippen LogP contribution in [0.2, 0.25) is 0 Å². The van der Waals surface area contributed by atoms with E-state index in [4.69, 9.17) is 4.74 Å². The van der Waals surface area contributed by atoms with Crippen LogP contribution in [0.3, 0.4) is 0 Å². The van der Waals surface area contributed by atoms with Crippen molar-refractivity contribution < 1.29 is 18.7 Å². The number of aromatic nitrogens is 5. The maximum absolute atomic E-state index is 14.3. The molecule has 220 valence electrons. The van der Waals surface area contributed by atoms with Gasteiger partial charge in [-0.2, -0.15) is 5.10 Å². The minimum Gasteiger partial charge on any atom is -0.493 e. The highest BCUT2D eigenvalue weighted by Gasteiger charge is 2.20. The zero-order valence-electron chi connectivity index (χ0n) is 23.8. The average molecular weight is 575 g/mol. The number of hydrogen-bond acceptors (Lipinski definition) is 7. The van der Waals surface area contributed by atoms with Crippen LogP contribution >= 0.6 is 0 Å². The smallest absolute Gasteiger partial charge is 0.255 e. The number of nitrogens with zero attached hydrogens (tertiary/aromatic N) is 6. The van der Waals surface area contributed by atoms with Crippen LogP contribution in [0.5, 0.6) is 5.75 Å². The van der Waals surface area contributed by atoms with Crippen molar-refractivity contribution in [2.45, 2.75) is 52.4 Å². The predicted octanol–water partition coefficient (Wildman–Crippen LogP) is 3.02. The summed E-state index contributed by atoms with van der Waals surface area (Å²) in [7, 11) is 0. The van der Waals surface area contributed by atoms with Crippen LogP contribution in [0.15, 0.2) is 61.1 Å². The lowest BCUT2D eigenvalue weighted by atomic mass is 10.1. The quantitative estimate of drug-likeness (QED) is 0.386. The number of aryl methyl sites for hydroxylation is 2. The van der Waals surface area contributed by atoms with Crippen molar-refractivity contribution in [3.63, 3.8) is 0 Å². The molecule has 0 fully saturated rings. The molecule has 0 spiro atoms. The third-order valence-corrected chi connectivity index (χ3v) is 7.02. The normalized spacial score (nSPS) is 17.6. The van der Waals surface area contributed by atoms with E-state index >= 15 is 0 Å². The summed E-state index contributed by atoms with van der Waals surface area (Å²) in [6.07, 6.45) is 6.68. The fourth-order valence-electron chi connectivity index (χ4n) is 4.87. The molecule has 0 unspecified atom stereocenters. The highest BCUT2D eigenvalue weighted by molar-refractivity contribution is 5.99. The molecule has 5 rings (SSSR count). The Labute approximate surface area is 243 Å². The van der Waals surface area contributed by atoms with Crippen LogP contribution in [0.1, 0.15) is 46.9 Å². The minimum atomic E-state index is -0.733. The summed E-state index contributed by atoms with van der Waals surface area (Å²) in [6, 6.07) is 11.1. The first-order chi connectivity index (χ1) is 20.4. The van der Waals surface area contributed by atoms with E-state index in [0.717, 1.165) is 22.5 Å². The van der Waals surface area contributed by atoms with Crippen molar-refractivity contribution in [1.29, 1.82) is 0 Å². The van der Waals surface area contributed by atoms with Gasteiger partial charge in [0.15, 0.2) is 0 Å². The number of carbonyl (C=O) groups is 2. The van der Waals surface area contributed by atoms with Gasteiger partial charge in [0.2, 0.25) is 5.91 Å². The van der Waals surface area contributed by atoms with Gasteiger partial charge in [-0.1, -0.05) is 11.3 Å². The van der Waals surface area contributed by atoms with Crippen molar-refractivity contribution in [3.05, 3.63) is 89.3 Å². The van der Waals surface area contributed by atoms with Crippen molar-refractivity contribution in [2.75, 3.05) is 19.7 Å². The second-order valence-electron chi connectivity index (χ2n) is 10.4. The summed E-state index contributed by atoms with van der Waals surface area (Å²) in [5.41, 5.74) is 3.68. The molecule has 2 aromatic heterocycles. The molecule has 0 aliphatic carbocycles. The molecule has 0 saturated carbocycles. The van der Waals surface area contributed by atoms with Crippen LogP contribution in [-0.2, 0) is 24.4 Å². The number of fused-ring (bicyclic) bond motifs is 3. The highest BCUT2D eigenvalue weighted by Crippen LogP contribution is 2.22. The Morgan fingerprint density at radius 3 is 2.83 bits per heavy atom. The number of ether oxygens (including phenoxy) is 1. The monoisotopic (exact) mass is 574 g/mol. The minimum absolute atomic E-state index is 0.281. The molecular weight excluding hydrogens is 539 g/mol. The summed E-state index contributed by atoms with van der Waals surface area (Å²) in [5.74, 6) is -0.510. The summed E-state index contributed by atoms with van der Waals surface area (Å²) in [4.78, 5) is 27.9. The summed E-state index contributed by atoms with van der Waals surface area (Å²) >= 11 is 0. The second kappa shape index (κ2) is 13.4. The number of benzene rings is 2. The lowest BCUT2D eigenvalue weighted by molar-refractivity contribution is -0.122. The van der Waals surface area contributed by atoms with Crippen molar-refractivity contribution in [1.82, 2.24) is 40.3 Å². The number of hydrogen-bond donors (Lipinski definition) is 2. The lowest BCUT2D eigenvalue weighted by Gasteiger charge is -2.23. The summed E-state index contributed by atoms with van der Waals surface area (Å²) < 4.78 is 23.8. The number of amides is 2. The Balaban J connectivity index is 1.35. The van der Waals surface area contributed by atoms with Gasteiger partial charge < -0.3 is 15.4 Å². The molecule has 2 amide bonds. The van der Waals surface area contributed by atoms with Gasteiger partial charge >= 0.3 is 0 Å². The topological polar surface area (TPSA) is 119 Å². The zero-order valence-corrected chi connectivity index (χ0v) is 23.8. The molecule has 4 aromatic rings. The number of nitrogens with one attached hydrogen (secondary N) is 2. The Hall–Kier alpha value is -4.58. The van der Waals surface area contributed by atoms with Crippen molar-refractivity contribution >= 4 is 11.8 Å². The van der Waals surface area contributed by atoms with E-state index in [2.05, 4.69) is 30.9 Å². The molecule has 2 bridgehead atoms. The summed E-state index contributed by atoms with van der Waals surface area (Å²) in [6.45, 7) is 6.46. The Morgan fingerprint density at radius 1 is 1.12 bits per heavy atom. The fourth-order valence-corrected chi connectivity index (χ4v) is 4.87. The fraction of sp³-hybridized carbons (Fsp3) is 0.367. The van der Waals surface area contributed by atoms with Gasteiger partial charge in [0.25, 0.3) is 5.91 Å². The number of carbonyl (C=O) groups excluding carboxylic acids is 2. The van der Waals surface area contributed by atoms with E-state index in [1.165, 1.54) is 12.1 Å². The Kier molecular flexibility index (Phi) is 9.22. The second-order valence-corrected chi connectivity index (χ2v) is 10.4. The average Bonchev–Trinajstić information content (AvgIpc) is 3.65. The molecule has 12 heteroatoms. The number of rotatable bonds is 3. The lowest BCUT2D eigenvalue weighted by Crippen LogP contribution is -2.45. The van der Waals surface area contributed by atoms with Crippen LogP contribution in [0.4, 0.5) is 4.39 Å². The molecule has 42 heavy (non-hydrogen) atoms. The first-order valence-corrected chi connectivity index (χ1v) is 14.1. The SMILES string of the molecule is Cc1ccc2c(c1)OCCCn1cc(nn1)CN(Cc1cc(F)ccc1-n1cccn1)CCCNC(=O)[C@@H](C)NC2=O. The molecular formula is C30H35FN8O3. The highest BCUT2D eigenvalue weighted by atomic mass is 19.1. The summed E-state index contributed by atoms with van der Waals surface area (Å²) in [5, 5.41) is 18.7. The third-order valence-electron chi connectivity index (χ3n) is 7.02. The molecule has 11 nitrogen and oxygen atoms in total. The molecule has 3 heterocycles. The molecule has 2 aromatic carbocycles. The van der Waals surface area contributed by atoms with E-state index in [-0.39, 0.29) is 17.6 Å². The van der Waals surface area contributed by atoms with E-state index in [0.29, 0.717) is 63.5 Å². The van der Waals surface area contributed by atoms with Crippen LogP contribution in [0.25, 0.3) is 5.69 Å². The largest absolute Gasteiger partial charge is 0.493 e. The van der Waals surface area contributed by atoms with E-state index in [1.807, 2.05) is 37.5 Å². The van der Waals surface area contributed by atoms with Crippen molar-refractivity contribution in [2.24, 2.45) is 0 Å². The molecule has 0 saturated heterocycles. The first kappa shape index (κ1) is 28.9. The van der Waals surface area contributed by atoms with E-state index < -0.39 is 6.04 Å². The van der Waals surface area contributed by atoms with Gasteiger partial charge in [0, 0.05) is 57.7 Å². The predicted molar refractivity (Wildman–Crippen MR) is 154 cm³/mol. The van der Waals surface area contributed by atoms with Crippen LogP contribution in [-0.4, -0.2) is 67.2 Å². The first-order valence-electron chi connectivity index (χ1n) is 14.1. The molecule has 1 aliphatic rings. The van der Waals surface area contributed by atoms with Gasteiger partial charge in [-0.3, -0.25) is 19.2 Å². The Morgan fingerprint density at radius 2 is 2.00 bits per heavy atom. The van der Waals surface area contributed by atoms with Gasteiger partial charge in [0.1, 0.15) is 17.6 Å². The van der Waals surface area contributed by atoms with Gasteiger partial charge in [-0.25, -0.2) is 9.07 Å². The molecule has 1 aliphatic heterocycles. The maximum atomic E-state index is 14.3. The standard InChI is InChI=1S/C30H35FN8O3/c1-21-6-8-26-28(16-21)42-15-5-13-38-20-25(35-36-38)19-37(12-3-10-32-29(40)22(2)34-30(26)41)18-23-17-24(31)7-9-27(23)39-14-4-11-33-39/h4,6-9,11,14,16-17,20,22H,3,5,10,12-13,15,18-19H2,1-2H3,(H,32,40)(H,34,41)/t22-/m1/s1. The third kappa shape index (κ3) is 7.38. The Bertz CT molecular complexity index is 1520. The van der Waals surface area contributed by atoms with Crippen LogP contribution < -0.4 is 15.4 Å². The van der Waals surface area contributed by atoms with Crippen molar-refractivity contribution in [3.8, 4) is 11.4 Å². The van der Waals surface area contributed by atoms with E-state index in [9.17, 15) is 14.0 Å².